The number of hydrogen-bond acceptors (Lipinski definition) is 7. The number of imidazole rings is 1. The lowest BCUT2D eigenvalue weighted by Crippen LogP contribution is -2.25. The maximum absolute atomic E-state index is 12.3. The zero-order valence-corrected chi connectivity index (χ0v) is 17.8. The van der Waals surface area contributed by atoms with E-state index in [9.17, 15) is 9.90 Å². The van der Waals surface area contributed by atoms with E-state index in [1.54, 1.807) is 18.6 Å². The first-order valence-electron chi connectivity index (χ1n) is 10.8. The fourth-order valence-corrected chi connectivity index (χ4v) is 3.55. The summed E-state index contributed by atoms with van der Waals surface area (Å²) in [7, 11) is 0. The van der Waals surface area contributed by atoms with Gasteiger partial charge in [-0.2, -0.15) is 0 Å². The Bertz CT molecular complexity index is 1270. The van der Waals surface area contributed by atoms with Gasteiger partial charge < -0.3 is 20.8 Å². The van der Waals surface area contributed by atoms with Crippen molar-refractivity contribution in [3.8, 4) is 22.5 Å². The molecule has 1 unspecified atom stereocenters. The molecule has 1 aliphatic carbocycles. The molecular formula is C24H24N6O3. The van der Waals surface area contributed by atoms with Crippen molar-refractivity contribution in [2.24, 2.45) is 0 Å². The van der Waals surface area contributed by atoms with Gasteiger partial charge in [-0.25, -0.2) is 9.97 Å². The Morgan fingerprint density at radius 2 is 1.88 bits per heavy atom. The molecule has 1 aliphatic rings. The average molecular weight is 444 g/mol. The van der Waals surface area contributed by atoms with Gasteiger partial charge >= 0.3 is 0 Å². The van der Waals surface area contributed by atoms with Crippen LogP contribution in [-0.4, -0.2) is 60.8 Å². The molecule has 4 aromatic rings. The van der Waals surface area contributed by atoms with Crippen molar-refractivity contribution in [1.29, 1.82) is 0 Å². The number of aliphatic hydroxyl groups excluding tert-OH is 2. The molecule has 0 saturated heterocycles. The minimum absolute atomic E-state index is 0.0553. The Kier molecular flexibility index (Phi) is 5.72. The number of rotatable bonds is 8. The summed E-state index contributed by atoms with van der Waals surface area (Å²) in [5, 5.41) is 25.0. The molecule has 5 rings (SSSR count). The van der Waals surface area contributed by atoms with Crippen molar-refractivity contribution in [2.45, 2.75) is 25.0 Å². The smallest absolute Gasteiger partial charge is 0.251 e. The van der Waals surface area contributed by atoms with E-state index in [-0.39, 0.29) is 19.1 Å². The number of nitrogens with zero attached hydrogens (tertiary/aromatic N) is 4. The molecule has 3 heterocycles. The van der Waals surface area contributed by atoms with Crippen LogP contribution in [0, 0.1) is 0 Å². The number of carbonyl (C=O) groups is 1. The summed E-state index contributed by atoms with van der Waals surface area (Å²) < 4.78 is 1.93. The lowest BCUT2D eigenvalue weighted by atomic mass is 10.1. The van der Waals surface area contributed by atoms with E-state index < -0.39 is 6.10 Å². The Hall–Kier alpha value is -3.82. The maximum Gasteiger partial charge on any atom is 0.251 e. The van der Waals surface area contributed by atoms with E-state index in [4.69, 9.17) is 5.11 Å². The van der Waals surface area contributed by atoms with E-state index in [0.29, 0.717) is 28.8 Å². The van der Waals surface area contributed by atoms with Gasteiger partial charge in [0.05, 0.1) is 30.3 Å². The first kappa shape index (κ1) is 21.0. The molecule has 3 aromatic heterocycles. The number of amides is 1. The molecule has 33 heavy (non-hydrogen) atoms. The topological polar surface area (TPSA) is 125 Å². The number of aliphatic hydroxyl groups is 2. The van der Waals surface area contributed by atoms with E-state index >= 15 is 0 Å². The Morgan fingerprint density at radius 1 is 1.12 bits per heavy atom. The molecule has 0 radical (unpaired) electrons. The molecule has 4 N–H and O–H groups in total. The highest BCUT2D eigenvalue weighted by Crippen LogP contribution is 2.28. The normalized spacial score (nSPS) is 14.2. The first-order chi connectivity index (χ1) is 16.1. The van der Waals surface area contributed by atoms with E-state index in [0.717, 1.165) is 29.7 Å². The van der Waals surface area contributed by atoms with Crippen molar-refractivity contribution in [3.63, 3.8) is 0 Å². The van der Waals surface area contributed by atoms with Crippen molar-refractivity contribution in [3.05, 3.63) is 66.7 Å². The van der Waals surface area contributed by atoms with Gasteiger partial charge in [-0.3, -0.25) is 14.2 Å². The SMILES string of the molecule is O=C(NC1CC1)c1ccc(-c2cnc3c(NCC(O)CO)nc(-c4ccncc4)cn23)cc1. The quantitative estimate of drug-likeness (QED) is 0.328. The summed E-state index contributed by atoms with van der Waals surface area (Å²) in [4.78, 5) is 25.6. The highest BCUT2D eigenvalue weighted by Gasteiger charge is 2.23. The fraction of sp³-hybridized carbons (Fsp3) is 0.250. The zero-order valence-electron chi connectivity index (χ0n) is 17.8. The van der Waals surface area contributed by atoms with Crippen LogP contribution in [0.15, 0.2) is 61.2 Å². The molecule has 0 bridgehead atoms. The molecule has 1 saturated carbocycles. The Morgan fingerprint density at radius 3 is 2.58 bits per heavy atom. The fourth-order valence-electron chi connectivity index (χ4n) is 3.55. The number of anilines is 1. The summed E-state index contributed by atoms with van der Waals surface area (Å²) in [6, 6.07) is 11.5. The van der Waals surface area contributed by atoms with Gasteiger partial charge in [0, 0.05) is 47.9 Å². The molecular weight excluding hydrogens is 420 g/mol. The van der Waals surface area contributed by atoms with Crippen LogP contribution < -0.4 is 10.6 Å². The molecule has 168 valence electrons. The second-order valence-corrected chi connectivity index (χ2v) is 8.09. The van der Waals surface area contributed by atoms with Gasteiger partial charge in [-0.1, -0.05) is 12.1 Å². The summed E-state index contributed by atoms with van der Waals surface area (Å²) in [5.74, 6) is 0.434. The van der Waals surface area contributed by atoms with Crippen LogP contribution in [0.3, 0.4) is 0 Å². The molecule has 1 atom stereocenters. The molecule has 1 fully saturated rings. The average Bonchev–Trinajstić information content (AvgIpc) is 3.57. The van der Waals surface area contributed by atoms with Crippen LogP contribution in [0.1, 0.15) is 23.2 Å². The molecule has 9 heteroatoms. The monoisotopic (exact) mass is 444 g/mol. The van der Waals surface area contributed by atoms with Crippen molar-refractivity contribution >= 4 is 17.4 Å². The van der Waals surface area contributed by atoms with Crippen LogP contribution in [0.5, 0.6) is 0 Å². The number of fused-ring (bicyclic) bond motifs is 1. The Labute approximate surface area is 190 Å². The number of nitrogens with one attached hydrogen (secondary N) is 2. The van der Waals surface area contributed by atoms with Crippen LogP contribution in [0.4, 0.5) is 5.82 Å². The van der Waals surface area contributed by atoms with Crippen molar-refractivity contribution in [1.82, 2.24) is 24.7 Å². The second-order valence-electron chi connectivity index (χ2n) is 8.09. The molecule has 9 nitrogen and oxygen atoms in total. The van der Waals surface area contributed by atoms with Crippen molar-refractivity contribution in [2.75, 3.05) is 18.5 Å². The maximum atomic E-state index is 12.3. The lowest BCUT2D eigenvalue weighted by Gasteiger charge is -2.13. The van der Waals surface area contributed by atoms with Gasteiger partial charge in [-0.15, -0.1) is 0 Å². The van der Waals surface area contributed by atoms with Crippen LogP contribution in [0.25, 0.3) is 28.2 Å². The number of pyridine rings is 1. The number of benzene rings is 1. The Balaban J connectivity index is 1.53. The third-order valence-corrected chi connectivity index (χ3v) is 5.54. The predicted molar refractivity (Wildman–Crippen MR) is 124 cm³/mol. The standard InChI is InChI=1S/C24H24N6O3/c31-14-19(32)11-26-22-23-27-12-21(30(23)13-20(29-22)15-7-9-25-10-8-15)16-1-3-17(4-2-16)24(33)28-18-5-6-18/h1-4,7-10,12-13,18-19,31-32H,5-6,11,14H2,(H,26,29)(H,28,33). The van der Waals surface area contributed by atoms with E-state index in [2.05, 4.69) is 25.6 Å². The molecule has 1 aromatic carbocycles. The van der Waals surface area contributed by atoms with Crippen LogP contribution in [0.2, 0.25) is 0 Å². The van der Waals surface area contributed by atoms with Gasteiger partial charge in [0.1, 0.15) is 0 Å². The minimum Gasteiger partial charge on any atom is -0.394 e. The van der Waals surface area contributed by atoms with Crippen LogP contribution >= 0.6 is 0 Å². The van der Waals surface area contributed by atoms with Gasteiger partial charge in [-0.05, 0) is 37.1 Å². The summed E-state index contributed by atoms with van der Waals surface area (Å²) >= 11 is 0. The third kappa shape index (κ3) is 4.55. The lowest BCUT2D eigenvalue weighted by molar-refractivity contribution is 0.0951. The largest absolute Gasteiger partial charge is 0.394 e. The van der Waals surface area contributed by atoms with Crippen molar-refractivity contribution < 1.29 is 15.0 Å². The van der Waals surface area contributed by atoms with Gasteiger partial charge in [0.25, 0.3) is 5.91 Å². The number of hydrogen-bond donors (Lipinski definition) is 4. The molecule has 0 aliphatic heterocycles. The third-order valence-electron chi connectivity index (χ3n) is 5.54. The molecule has 1 amide bonds. The zero-order chi connectivity index (χ0) is 22.8. The summed E-state index contributed by atoms with van der Waals surface area (Å²) in [5.41, 5.74) is 4.53. The second kappa shape index (κ2) is 8.97. The van der Waals surface area contributed by atoms with Crippen LogP contribution in [-0.2, 0) is 0 Å². The summed E-state index contributed by atoms with van der Waals surface area (Å²) in [6.45, 7) is -0.223. The van der Waals surface area contributed by atoms with E-state index in [1.165, 1.54) is 0 Å². The number of aromatic nitrogens is 4. The van der Waals surface area contributed by atoms with Gasteiger partial charge in [0.2, 0.25) is 0 Å². The van der Waals surface area contributed by atoms with E-state index in [1.807, 2.05) is 47.0 Å². The number of carbonyl (C=O) groups excluding carboxylic acids is 1. The first-order valence-corrected chi connectivity index (χ1v) is 10.8. The predicted octanol–water partition coefficient (Wildman–Crippen LogP) is 2.12. The minimum atomic E-state index is -0.916. The highest BCUT2D eigenvalue weighted by molar-refractivity contribution is 5.95. The molecule has 0 spiro atoms. The van der Waals surface area contributed by atoms with Gasteiger partial charge in [0.15, 0.2) is 11.5 Å². The highest BCUT2D eigenvalue weighted by atomic mass is 16.3. The summed E-state index contributed by atoms with van der Waals surface area (Å²) in [6.07, 6.45) is 8.22.